The fourth-order valence-corrected chi connectivity index (χ4v) is 3.12. The highest BCUT2D eigenvalue weighted by Crippen LogP contribution is 2.28. The van der Waals surface area contributed by atoms with Crippen molar-refractivity contribution in [2.75, 3.05) is 31.7 Å². The van der Waals surface area contributed by atoms with E-state index in [1.807, 2.05) is 12.1 Å². The Kier molecular flexibility index (Phi) is 4.37. The average Bonchev–Trinajstić information content (AvgIpc) is 2.46. The van der Waals surface area contributed by atoms with Crippen molar-refractivity contribution in [2.45, 2.75) is 19.1 Å². The third-order valence-electron chi connectivity index (χ3n) is 3.55. The zero-order valence-electron chi connectivity index (χ0n) is 12.1. The summed E-state index contributed by atoms with van der Waals surface area (Å²) in [6, 6.07) is 6.06. The van der Waals surface area contributed by atoms with E-state index in [9.17, 15) is 0 Å². The van der Waals surface area contributed by atoms with Crippen LogP contribution in [0, 0.1) is 0 Å². The lowest BCUT2D eigenvalue weighted by molar-refractivity contribution is -0.0512. The van der Waals surface area contributed by atoms with Gasteiger partial charge in [-0.05, 0) is 25.1 Å². The minimum atomic E-state index is 0.0657. The third-order valence-corrected chi connectivity index (χ3v) is 4.05. The van der Waals surface area contributed by atoms with Crippen LogP contribution in [0.2, 0.25) is 0 Å². The van der Waals surface area contributed by atoms with E-state index in [0.717, 1.165) is 34.3 Å². The standard InChI is InChI=1S/C15H18BrN3O2/c1-10-6-19(7-12(21-10)8-20-2)15-13-5-11(16)3-4-14(13)17-9-18-15/h3-5,9-10,12H,6-8H2,1-2H3. The number of hydrogen-bond donors (Lipinski definition) is 0. The Morgan fingerprint density at radius 2 is 2.24 bits per heavy atom. The number of benzene rings is 1. The zero-order chi connectivity index (χ0) is 14.8. The van der Waals surface area contributed by atoms with E-state index in [-0.39, 0.29) is 12.2 Å². The van der Waals surface area contributed by atoms with Crippen LogP contribution in [0.1, 0.15) is 6.92 Å². The molecule has 21 heavy (non-hydrogen) atoms. The molecule has 2 unspecified atom stereocenters. The second-order valence-electron chi connectivity index (χ2n) is 5.29. The maximum Gasteiger partial charge on any atom is 0.140 e. The first-order valence-electron chi connectivity index (χ1n) is 6.97. The number of hydrogen-bond acceptors (Lipinski definition) is 5. The van der Waals surface area contributed by atoms with Crippen molar-refractivity contribution in [1.82, 2.24) is 9.97 Å². The summed E-state index contributed by atoms with van der Waals surface area (Å²) in [5.74, 6) is 0.956. The van der Waals surface area contributed by atoms with Gasteiger partial charge in [0.1, 0.15) is 12.1 Å². The van der Waals surface area contributed by atoms with E-state index in [1.165, 1.54) is 0 Å². The van der Waals surface area contributed by atoms with Gasteiger partial charge in [0, 0.05) is 30.1 Å². The average molecular weight is 352 g/mol. The Hall–Kier alpha value is -1.24. The zero-order valence-corrected chi connectivity index (χ0v) is 13.7. The van der Waals surface area contributed by atoms with Gasteiger partial charge in [-0.15, -0.1) is 0 Å². The summed E-state index contributed by atoms with van der Waals surface area (Å²) >= 11 is 3.52. The number of methoxy groups -OCH3 is 1. The third kappa shape index (κ3) is 3.17. The highest BCUT2D eigenvalue weighted by Gasteiger charge is 2.27. The topological polar surface area (TPSA) is 47.5 Å². The Morgan fingerprint density at radius 1 is 1.38 bits per heavy atom. The lowest BCUT2D eigenvalue weighted by Crippen LogP contribution is -2.48. The molecule has 0 N–H and O–H groups in total. The SMILES string of the molecule is COCC1CN(c2ncnc3ccc(Br)cc23)CC(C)O1. The first-order chi connectivity index (χ1) is 10.2. The van der Waals surface area contributed by atoms with E-state index in [4.69, 9.17) is 9.47 Å². The molecule has 5 nitrogen and oxygen atoms in total. The number of nitrogens with zero attached hydrogens (tertiary/aromatic N) is 3. The van der Waals surface area contributed by atoms with Gasteiger partial charge in [-0.2, -0.15) is 0 Å². The molecule has 0 radical (unpaired) electrons. The largest absolute Gasteiger partial charge is 0.382 e. The van der Waals surface area contributed by atoms with Gasteiger partial charge in [-0.3, -0.25) is 0 Å². The maximum absolute atomic E-state index is 5.89. The van der Waals surface area contributed by atoms with Crippen molar-refractivity contribution in [3.63, 3.8) is 0 Å². The molecule has 1 aromatic carbocycles. The molecule has 1 saturated heterocycles. The molecule has 0 amide bonds. The molecule has 1 aliphatic rings. The predicted molar refractivity (Wildman–Crippen MR) is 85.7 cm³/mol. The van der Waals surface area contributed by atoms with Gasteiger partial charge in [0.25, 0.3) is 0 Å². The normalized spacial score (nSPS) is 22.7. The highest BCUT2D eigenvalue weighted by atomic mass is 79.9. The molecule has 112 valence electrons. The number of halogens is 1. The van der Waals surface area contributed by atoms with Crippen LogP contribution in [0.4, 0.5) is 5.82 Å². The van der Waals surface area contributed by atoms with Crippen LogP contribution in [-0.2, 0) is 9.47 Å². The van der Waals surface area contributed by atoms with Crippen molar-refractivity contribution >= 4 is 32.7 Å². The molecule has 2 heterocycles. The molecule has 0 spiro atoms. The van der Waals surface area contributed by atoms with E-state index in [2.05, 4.69) is 43.8 Å². The number of anilines is 1. The van der Waals surface area contributed by atoms with Crippen molar-refractivity contribution in [2.24, 2.45) is 0 Å². The number of aromatic nitrogens is 2. The maximum atomic E-state index is 5.89. The number of rotatable bonds is 3. The molecule has 3 rings (SSSR count). The van der Waals surface area contributed by atoms with Crippen LogP contribution in [0.5, 0.6) is 0 Å². The van der Waals surface area contributed by atoms with E-state index >= 15 is 0 Å². The Morgan fingerprint density at radius 3 is 3.05 bits per heavy atom. The minimum Gasteiger partial charge on any atom is -0.382 e. The summed E-state index contributed by atoms with van der Waals surface area (Å²) in [5, 5.41) is 1.05. The van der Waals surface area contributed by atoms with Gasteiger partial charge in [-0.1, -0.05) is 15.9 Å². The van der Waals surface area contributed by atoms with Crippen LogP contribution >= 0.6 is 15.9 Å². The van der Waals surface area contributed by atoms with Crippen molar-refractivity contribution < 1.29 is 9.47 Å². The summed E-state index contributed by atoms with van der Waals surface area (Å²) in [5.41, 5.74) is 0.950. The molecular formula is C15H18BrN3O2. The van der Waals surface area contributed by atoms with Gasteiger partial charge in [0.2, 0.25) is 0 Å². The van der Waals surface area contributed by atoms with Gasteiger partial charge < -0.3 is 14.4 Å². The highest BCUT2D eigenvalue weighted by molar-refractivity contribution is 9.10. The Labute approximate surface area is 132 Å². The number of ether oxygens (including phenoxy) is 2. The molecule has 2 aromatic rings. The van der Waals surface area contributed by atoms with Gasteiger partial charge in [-0.25, -0.2) is 9.97 Å². The molecule has 1 fully saturated rings. The molecule has 0 saturated carbocycles. The fourth-order valence-electron chi connectivity index (χ4n) is 2.76. The van der Waals surface area contributed by atoms with Crippen LogP contribution < -0.4 is 4.90 Å². The second kappa shape index (κ2) is 6.25. The van der Waals surface area contributed by atoms with Gasteiger partial charge >= 0.3 is 0 Å². The molecule has 0 aliphatic carbocycles. The predicted octanol–water partition coefficient (Wildman–Crippen LogP) is 2.63. The lowest BCUT2D eigenvalue weighted by atomic mass is 10.2. The number of morpholine rings is 1. The van der Waals surface area contributed by atoms with Crippen molar-refractivity contribution in [3.8, 4) is 0 Å². The van der Waals surface area contributed by atoms with Crippen LogP contribution in [-0.4, -0.2) is 49.0 Å². The molecule has 2 atom stereocenters. The molecule has 6 heteroatoms. The molecule has 1 aromatic heterocycles. The van der Waals surface area contributed by atoms with Gasteiger partial charge in [0.15, 0.2) is 0 Å². The summed E-state index contributed by atoms with van der Waals surface area (Å²) in [6.45, 7) is 4.26. The summed E-state index contributed by atoms with van der Waals surface area (Å²) in [6.07, 6.45) is 1.84. The summed E-state index contributed by atoms with van der Waals surface area (Å²) < 4.78 is 12.2. The summed E-state index contributed by atoms with van der Waals surface area (Å²) in [4.78, 5) is 11.1. The molecule has 0 bridgehead atoms. The Balaban J connectivity index is 1.97. The first kappa shape index (κ1) is 14.7. The monoisotopic (exact) mass is 351 g/mol. The second-order valence-corrected chi connectivity index (χ2v) is 6.20. The lowest BCUT2D eigenvalue weighted by Gasteiger charge is -2.37. The first-order valence-corrected chi connectivity index (χ1v) is 7.76. The fraction of sp³-hybridized carbons (Fsp3) is 0.467. The van der Waals surface area contributed by atoms with E-state index in [0.29, 0.717) is 6.61 Å². The van der Waals surface area contributed by atoms with Crippen LogP contribution in [0.25, 0.3) is 10.9 Å². The van der Waals surface area contributed by atoms with E-state index < -0.39 is 0 Å². The number of fused-ring (bicyclic) bond motifs is 1. The van der Waals surface area contributed by atoms with E-state index in [1.54, 1.807) is 13.4 Å². The van der Waals surface area contributed by atoms with Gasteiger partial charge in [0.05, 0.1) is 24.3 Å². The quantitative estimate of drug-likeness (QED) is 0.850. The smallest absolute Gasteiger partial charge is 0.140 e. The van der Waals surface area contributed by atoms with Crippen LogP contribution in [0.15, 0.2) is 29.0 Å². The van der Waals surface area contributed by atoms with Crippen LogP contribution in [0.3, 0.4) is 0 Å². The molecule has 1 aliphatic heterocycles. The van der Waals surface area contributed by atoms with Crippen molar-refractivity contribution in [1.29, 1.82) is 0 Å². The summed E-state index contributed by atoms with van der Waals surface area (Å²) in [7, 11) is 1.70. The molecular weight excluding hydrogens is 334 g/mol. The van der Waals surface area contributed by atoms with Crippen molar-refractivity contribution in [3.05, 3.63) is 29.0 Å². The minimum absolute atomic E-state index is 0.0657. The Bertz CT molecular complexity index is 637.